The molecule has 0 aromatic carbocycles. The summed E-state index contributed by atoms with van der Waals surface area (Å²) in [6, 6.07) is 1.40. The lowest BCUT2D eigenvalue weighted by molar-refractivity contribution is 0.0240. The number of rotatable bonds is 5. The Labute approximate surface area is 108 Å². The van der Waals surface area contributed by atoms with Crippen LogP contribution in [-0.4, -0.2) is 35.6 Å². The van der Waals surface area contributed by atoms with E-state index in [2.05, 4.69) is 51.8 Å². The lowest BCUT2D eigenvalue weighted by atomic mass is 9.91. The smallest absolute Gasteiger partial charge is 0.0281 e. The summed E-state index contributed by atoms with van der Waals surface area (Å²) in [4.78, 5) is 2.72. The number of nitrogens with one attached hydrogen (secondary N) is 1. The van der Waals surface area contributed by atoms with Crippen molar-refractivity contribution in [1.82, 2.24) is 10.2 Å². The van der Waals surface area contributed by atoms with Crippen LogP contribution >= 0.6 is 0 Å². The van der Waals surface area contributed by atoms with Gasteiger partial charge in [-0.2, -0.15) is 0 Å². The molecule has 1 aliphatic rings. The first kappa shape index (κ1) is 15.0. The molecule has 1 rings (SSSR count). The van der Waals surface area contributed by atoms with Gasteiger partial charge in [0.2, 0.25) is 0 Å². The van der Waals surface area contributed by atoms with Gasteiger partial charge in [0.1, 0.15) is 0 Å². The van der Waals surface area contributed by atoms with Crippen molar-refractivity contribution in [3.05, 3.63) is 0 Å². The molecule has 1 aliphatic heterocycles. The molecule has 1 heterocycles. The van der Waals surface area contributed by atoms with E-state index >= 15 is 0 Å². The van der Waals surface area contributed by atoms with E-state index in [1.807, 2.05) is 0 Å². The van der Waals surface area contributed by atoms with Crippen molar-refractivity contribution in [2.75, 3.05) is 13.1 Å². The second-order valence-corrected chi connectivity index (χ2v) is 6.81. The summed E-state index contributed by atoms with van der Waals surface area (Å²) in [5.74, 6) is 0.789. The van der Waals surface area contributed by atoms with Gasteiger partial charge in [-0.15, -0.1) is 0 Å². The lowest BCUT2D eigenvalue weighted by Gasteiger charge is -2.49. The van der Waals surface area contributed by atoms with Gasteiger partial charge in [0.15, 0.2) is 0 Å². The highest BCUT2D eigenvalue weighted by Gasteiger charge is 2.36. The highest BCUT2D eigenvalue weighted by Crippen LogP contribution is 2.25. The Morgan fingerprint density at radius 1 is 1.29 bits per heavy atom. The summed E-state index contributed by atoms with van der Waals surface area (Å²) in [5.41, 5.74) is 0.308. The molecule has 0 radical (unpaired) electrons. The first-order valence-electron chi connectivity index (χ1n) is 7.37. The number of nitrogens with zero attached hydrogens (tertiary/aromatic N) is 1. The van der Waals surface area contributed by atoms with Crippen LogP contribution in [0.3, 0.4) is 0 Å². The maximum atomic E-state index is 3.73. The fourth-order valence-electron chi connectivity index (χ4n) is 3.12. The predicted molar refractivity (Wildman–Crippen MR) is 76.4 cm³/mol. The summed E-state index contributed by atoms with van der Waals surface area (Å²) in [7, 11) is 0. The Morgan fingerprint density at radius 2 is 1.94 bits per heavy atom. The van der Waals surface area contributed by atoms with E-state index in [1.165, 1.54) is 25.8 Å². The predicted octanol–water partition coefficient (Wildman–Crippen LogP) is 3.27. The molecule has 1 saturated heterocycles. The highest BCUT2D eigenvalue weighted by atomic mass is 15.3. The zero-order valence-corrected chi connectivity index (χ0v) is 12.7. The van der Waals surface area contributed by atoms with Crippen LogP contribution in [0.25, 0.3) is 0 Å². The monoisotopic (exact) mass is 240 g/mol. The molecule has 0 aromatic rings. The van der Waals surface area contributed by atoms with Gasteiger partial charge in [-0.1, -0.05) is 27.2 Å². The van der Waals surface area contributed by atoms with Crippen LogP contribution in [0.4, 0.5) is 0 Å². The summed E-state index contributed by atoms with van der Waals surface area (Å²) in [5, 5.41) is 3.73. The van der Waals surface area contributed by atoms with Gasteiger partial charge in [-0.25, -0.2) is 0 Å². The lowest BCUT2D eigenvalue weighted by Crippen LogP contribution is -2.64. The van der Waals surface area contributed by atoms with Gasteiger partial charge in [0.25, 0.3) is 0 Å². The Morgan fingerprint density at radius 3 is 2.47 bits per heavy atom. The van der Waals surface area contributed by atoms with Crippen molar-refractivity contribution in [2.45, 2.75) is 78.4 Å². The van der Waals surface area contributed by atoms with E-state index in [0.717, 1.165) is 12.5 Å². The molecule has 2 unspecified atom stereocenters. The van der Waals surface area contributed by atoms with Crippen molar-refractivity contribution in [3.8, 4) is 0 Å². The molecule has 0 saturated carbocycles. The zero-order chi connectivity index (χ0) is 13.1. The minimum absolute atomic E-state index is 0.308. The molecule has 0 aliphatic carbocycles. The van der Waals surface area contributed by atoms with Crippen molar-refractivity contribution < 1.29 is 0 Å². The van der Waals surface area contributed by atoms with E-state index in [4.69, 9.17) is 0 Å². The first-order chi connectivity index (χ1) is 7.86. The van der Waals surface area contributed by atoms with E-state index in [0.29, 0.717) is 17.6 Å². The third kappa shape index (κ3) is 4.26. The topological polar surface area (TPSA) is 15.3 Å². The van der Waals surface area contributed by atoms with Crippen LogP contribution in [0.5, 0.6) is 0 Å². The molecule has 102 valence electrons. The fourth-order valence-corrected chi connectivity index (χ4v) is 3.12. The van der Waals surface area contributed by atoms with Gasteiger partial charge < -0.3 is 5.32 Å². The molecular weight excluding hydrogens is 208 g/mol. The summed E-state index contributed by atoms with van der Waals surface area (Å²) in [6.45, 7) is 16.4. The Hall–Kier alpha value is -0.0800. The van der Waals surface area contributed by atoms with Gasteiger partial charge in [-0.3, -0.25) is 4.90 Å². The van der Waals surface area contributed by atoms with Gasteiger partial charge in [-0.05, 0) is 39.5 Å². The average Bonchev–Trinajstić information content (AvgIpc) is 2.20. The highest BCUT2D eigenvalue weighted by molar-refractivity contribution is 4.95. The van der Waals surface area contributed by atoms with Crippen molar-refractivity contribution in [3.63, 3.8) is 0 Å². The normalized spacial score (nSPS) is 27.4. The fraction of sp³-hybridized carbons (Fsp3) is 1.00. The minimum Gasteiger partial charge on any atom is -0.311 e. The summed E-state index contributed by atoms with van der Waals surface area (Å²) < 4.78 is 0. The van der Waals surface area contributed by atoms with Crippen LogP contribution < -0.4 is 5.32 Å². The summed E-state index contributed by atoms with van der Waals surface area (Å²) in [6.07, 6.45) is 3.90. The Kier molecular flexibility index (Phi) is 5.46. The van der Waals surface area contributed by atoms with Crippen LogP contribution in [-0.2, 0) is 0 Å². The Bertz CT molecular complexity index is 223. The van der Waals surface area contributed by atoms with Crippen molar-refractivity contribution in [2.24, 2.45) is 5.92 Å². The Balaban J connectivity index is 2.62. The SMILES string of the molecule is CCCC(C)N1CC(CC(C)C)NCC1(C)C. The van der Waals surface area contributed by atoms with Gasteiger partial charge >= 0.3 is 0 Å². The molecule has 0 amide bonds. The van der Waals surface area contributed by atoms with Crippen molar-refractivity contribution in [1.29, 1.82) is 0 Å². The molecular formula is C15H32N2. The minimum atomic E-state index is 0.308. The molecule has 0 aromatic heterocycles. The third-order valence-corrected chi connectivity index (χ3v) is 4.01. The largest absolute Gasteiger partial charge is 0.311 e. The van der Waals surface area contributed by atoms with E-state index in [-0.39, 0.29) is 0 Å². The maximum absolute atomic E-state index is 3.73. The average molecular weight is 240 g/mol. The second-order valence-electron chi connectivity index (χ2n) is 6.81. The molecule has 2 atom stereocenters. The van der Waals surface area contributed by atoms with Crippen molar-refractivity contribution >= 4 is 0 Å². The molecule has 1 fully saturated rings. The van der Waals surface area contributed by atoms with Crippen LogP contribution in [0, 0.1) is 5.92 Å². The molecule has 1 N–H and O–H groups in total. The number of hydrogen-bond acceptors (Lipinski definition) is 2. The quantitative estimate of drug-likeness (QED) is 0.793. The van der Waals surface area contributed by atoms with E-state index < -0.39 is 0 Å². The third-order valence-electron chi connectivity index (χ3n) is 4.01. The van der Waals surface area contributed by atoms with Crippen LogP contribution in [0.2, 0.25) is 0 Å². The van der Waals surface area contributed by atoms with E-state index in [9.17, 15) is 0 Å². The molecule has 0 bridgehead atoms. The molecule has 2 heteroatoms. The first-order valence-corrected chi connectivity index (χ1v) is 7.37. The zero-order valence-electron chi connectivity index (χ0n) is 12.7. The van der Waals surface area contributed by atoms with Crippen LogP contribution in [0.15, 0.2) is 0 Å². The maximum Gasteiger partial charge on any atom is 0.0281 e. The number of piperazine rings is 1. The number of hydrogen-bond donors (Lipinski definition) is 1. The van der Waals surface area contributed by atoms with Gasteiger partial charge in [0, 0.05) is 30.7 Å². The van der Waals surface area contributed by atoms with Gasteiger partial charge in [0.05, 0.1) is 0 Å². The molecule has 0 spiro atoms. The standard InChI is InChI=1S/C15H32N2/c1-7-8-13(4)17-10-14(9-12(2)3)16-11-15(17,5)6/h12-14,16H,7-11H2,1-6H3. The second kappa shape index (κ2) is 6.19. The van der Waals surface area contributed by atoms with E-state index in [1.54, 1.807) is 0 Å². The molecule has 17 heavy (non-hydrogen) atoms. The summed E-state index contributed by atoms with van der Waals surface area (Å²) >= 11 is 0. The van der Waals surface area contributed by atoms with Crippen LogP contribution in [0.1, 0.15) is 60.8 Å². The molecule has 2 nitrogen and oxygen atoms in total.